The van der Waals surface area contributed by atoms with Gasteiger partial charge in [0.05, 0.1) is 6.21 Å². The lowest BCUT2D eigenvalue weighted by Gasteiger charge is -2.13. The summed E-state index contributed by atoms with van der Waals surface area (Å²) in [5.74, 6) is 0.550. The van der Waals surface area contributed by atoms with Gasteiger partial charge in [-0.3, -0.25) is 0 Å². The zero-order chi connectivity index (χ0) is 14.7. The highest BCUT2D eigenvalue weighted by atomic mass is 16.8. The van der Waals surface area contributed by atoms with Gasteiger partial charge in [0.15, 0.2) is 6.10 Å². The average molecular weight is 287 g/mol. The standard InChI is InChI=1S/C15H13NO5/c17-15-20-9-11(21-15)8-19-14-6-5-10-3-1-2-4-12(10)13(14)7-16-18/h1-7,11,18H,8-9H2/b16-7+. The highest BCUT2D eigenvalue weighted by Gasteiger charge is 2.25. The van der Waals surface area contributed by atoms with Crippen molar-refractivity contribution in [2.24, 2.45) is 5.16 Å². The summed E-state index contributed by atoms with van der Waals surface area (Å²) in [7, 11) is 0. The number of hydrogen-bond donors (Lipinski definition) is 1. The second-order valence-electron chi connectivity index (χ2n) is 4.55. The van der Waals surface area contributed by atoms with Gasteiger partial charge in [-0.05, 0) is 16.8 Å². The van der Waals surface area contributed by atoms with Crippen LogP contribution >= 0.6 is 0 Å². The highest BCUT2D eigenvalue weighted by molar-refractivity contribution is 6.02. The molecular formula is C15H13NO5. The molecule has 1 fully saturated rings. The molecule has 2 aromatic carbocycles. The van der Waals surface area contributed by atoms with E-state index in [1.54, 1.807) is 6.07 Å². The fraction of sp³-hybridized carbons (Fsp3) is 0.200. The molecule has 3 rings (SSSR count). The Bertz CT molecular complexity index is 698. The first-order chi connectivity index (χ1) is 10.3. The number of ether oxygens (including phenoxy) is 3. The molecule has 1 aliphatic heterocycles. The molecule has 1 unspecified atom stereocenters. The molecule has 0 amide bonds. The number of carbonyl (C=O) groups excluding carboxylic acids is 1. The van der Waals surface area contributed by atoms with Gasteiger partial charge in [0.25, 0.3) is 0 Å². The molecule has 2 aromatic rings. The van der Waals surface area contributed by atoms with E-state index in [2.05, 4.69) is 5.16 Å². The number of cyclic esters (lactones) is 2. The minimum absolute atomic E-state index is 0.176. The SMILES string of the molecule is O=C1OCC(COc2ccc3ccccc3c2/C=N/O)O1. The van der Waals surface area contributed by atoms with E-state index in [1.165, 1.54) is 6.21 Å². The highest BCUT2D eigenvalue weighted by Crippen LogP contribution is 2.27. The molecule has 0 saturated carbocycles. The molecule has 1 aliphatic rings. The van der Waals surface area contributed by atoms with Gasteiger partial charge in [-0.2, -0.15) is 0 Å². The normalized spacial score (nSPS) is 17.9. The van der Waals surface area contributed by atoms with Crippen molar-refractivity contribution < 1.29 is 24.2 Å². The maximum absolute atomic E-state index is 10.9. The molecule has 6 nitrogen and oxygen atoms in total. The second-order valence-corrected chi connectivity index (χ2v) is 4.55. The summed E-state index contributed by atoms with van der Waals surface area (Å²) in [5, 5.41) is 13.9. The largest absolute Gasteiger partial charge is 0.508 e. The summed E-state index contributed by atoms with van der Waals surface area (Å²) in [5.41, 5.74) is 0.667. The number of carbonyl (C=O) groups is 1. The zero-order valence-corrected chi connectivity index (χ0v) is 11.1. The summed E-state index contributed by atoms with van der Waals surface area (Å²) >= 11 is 0. The number of nitrogens with zero attached hydrogens (tertiary/aromatic N) is 1. The van der Waals surface area contributed by atoms with Crippen molar-refractivity contribution >= 4 is 23.1 Å². The summed E-state index contributed by atoms with van der Waals surface area (Å²) in [6.45, 7) is 0.353. The van der Waals surface area contributed by atoms with Crippen LogP contribution in [0.15, 0.2) is 41.6 Å². The van der Waals surface area contributed by atoms with Crippen LogP contribution in [0, 0.1) is 0 Å². The van der Waals surface area contributed by atoms with Crippen molar-refractivity contribution in [2.45, 2.75) is 6.10 Å². The third-order valence-corrected chi connectivity index (χ3v) is 3.19. The van der Waals surface area contributed by atoms with Gasteiger partial charge in [-0.25, -0.2) is 4.79 Å². The molecule has 21 heavy (non-hydrogen) atoms. The Morgan fingerprint density at radius 1 is 1.33 bits per heavy atom. The average Bonchev–Trinajstić information content (AvgIpc) is 2.92. The van der Waals surface area contributed by atoms with Gasteiger partial charge in [0.2, 0.25) is 0 Å². The maximum atomic E-state index is 10.9. The quantitative estimate of drug-likeness (QED) is 0.405. The Kier molecular flexibility index (Phi) is 3.59. The van der Waals surface area contributed by atoms with Crippen molar-refractivity contribution in [3.63, 3.8) is 0 Å². The van der Waals surface area contributed by atoms with E-state index in [4.69, 9.17) is 19.4 Å². The zero-order valence-electron chi connectivity index (χ0n) is 11.1. The summed E-state index contributed by atoms with van der Waals surface area (Å²) in [6.07, 6.45) is 0.219. The van der Waals surface area contributed by atoms with Crippen LogP contribution in [-0.4, -0.2) is 36.9 Å². The lowest BCUT2D eigenvalue weighted by atomic mass is 10.0. The minimum atomic E-state index is -0.681. The molecule has 0 aromatic heterocycles. The van der Waals surface area contributed by atoms with E-state index in [9.17, 15) is 4.79 Å². The molecule has 6 heteroatoms. The minimum Gasteiger partial charge on any atom is -0.489 e. The fourth-order valence-electron chi connectivity index (χ4n) is 2.22. The number of rotatable bonds is 4. The van der Waals surface area contributed by atoms with Gasteiger partial charge < -0.3 is 19.4 Å². The topological polar surface area (TPSA) is 77.4 Å². The summed E-state index contributed by atoms with van der Waals surface area (Å²) in [4.78, 5) is 10.9. The van der Waals surface area contributed by atoms with Crippen LogP contribution in [0.4, 0.5) is 4.79 Å². The van der Waals surface area contributed by atoms with Crippen LogP contribution in [-0.2, 0) is 9.47 Å². The number of benzene rings is 2. The first-order valence-corrected chi connectivity index (χ1v) is 6.43. The van der Waals surface area contributed by atoms with Crippen LogP contribution < -0.4 is 4.74 Å². The van der Waals surface area contributed by atoms with E-state index in [1.807, 2.05) is 30.3 Å². The Morgan fingerprint density at radius 3 is 2.95 bits per heavy atom. The smallest absolute Gasteiger partial charge is 0.489 e. The third-order valence-electron chi connectivity index (χ3n) is 3.19. The van der Waals surface area contributed by atoms with Crippen molar-refractivity contribution in [3.05, 3.63) is 42.0 Å². The van der Waals surface area contributed by atoms with Crippen molar-refractivity contribution in [1.29, 1.82) is 0 Å². The van der Waals surface area contributed by atoms with Gasteiger partial charge in [-0.15, -0.1) is 0 Å². The fourth-order valence-corrected chi connectivity index (χ4v) is 2.22. The Labute approximate surface area is 120 Å². The summed E-state index contributed by atoms with van der Waals surface area (Å²) in [6, 6.07) is 11.4. The third kappa shape index (κ3) is 2.74. The van der Waals surface area contributed by atoms with Gasteiger partial charge in [0.1, 0.15) is 19.0 Å². The molecule has 0 spiro atoms. The van der Waals surface area contributed by atoms with E-state index in [0.29, 0.717) is 11.3 Å². The maximum Gasteiger partial charge on any atom is 0.508 e. The lowest BCUT2D eigenvalue weighted by Crippen LogP contribution is -2.20. The number of oxime groups is 1. The van der Waals surface area contributed by atoms with Crippen molar-refractivity contribution in [3.8, 4) is 5.75 Å². The molecule has 0 aliphatic carbocycles. The molecule has 0 radical (unpaired) electrons. The Balaban J connectivity index is 1.87. The molecule has 1 atom stereocenters. The van der Waals surface area contributed by atoms with Crippen LogP contribution in [0.1, 0.15) is 5.56 Å². The van der Waals surface area contributed by atoms with E-state index in [-0.39, 0.29) is 13.2 Å². The van der Waals surface area contributed by atoms with Crippen LogP contribution in [0.5, 0.6) is 5.75 Å². The van der Waals surface area contributed by atoms with Crippen molar-refractivity contribution in [1.82, 2.24) is 0 Å². The van der Waals surface area contributed by atoms with Gasteiger partial charge in [0, 0.05) is 5.56 Å². The molecule has 108 valence electrons. The van der Waals surface area contributed by atoms with Gasteiger partial charge in [-0.1, -0.05) is 35.5 Å². The molecule has 0 bridgehead atoms. The monoisotopic (exact) mass is 287 g/mol. The number of fused-ring (bicyclic) bond motifs is 1. The van der Waals surface area contributed by atoms with Crippen LogP contribution in [0.3, 0.4) is 0 Å². The summed E-state index contributed by atoms with van der Waals surface area (Å²) < 4.78 is 15.3. The molecule has 1 N–H and O–H groups in total. The van der Waals surface area contributed by atoms with Crippen molar-refractivity contribution in [2.75, 3.05) is 13.2 Å². The van der Waals surface area contributed by atoms with E-state index >= 15 is 0 Å². The number of hydrogen-bond acceptors (Lipinski definition) is 6. The van der Waals surface area contributed by atoms with E-state index < -0.39 is 12.3 Å². The van der Waals surface area contributed by atoms with Gasteiger partial charge >= 0.3 is 6.16 Å². The lowest BCUT2D eigenvalue weighted by molar-refractivity contribution is 0.0983. The first-order valence-electron chi connectivity index (χ1n) is 6.43. The Morgan fingerprint density at radius 2 is 2.19 bits per heavy atom. The first kappa shape index (κ1) is 13.2. The second kappa shape index (κ2) is 5.70. The molecule has 1 saturated heterocycles. The molecule has 1 heterocycles. The predicted molar refractivity (Wildman–Crippen MR) is 75.0 cm³/mol. The van der Waals surface area contributed by atoms with Crippen LogP contribution in [0.25, 0.3) is 10.8 Å². The molecular weight excluding hydrogens is 274 g/mol. The van der Waals surface area contributed by atoms with Crippen LogP contribution in [0.2, 0.25) is 0 Å². The Hall–Kier alpha value is -2.76. The van der Waals surface area contributed by atoms with E-state index in [0.717, 1.165) is 10.8 Å². The predicted octanol–water partition coefficient (Wildman–Crippen LogP) is 2.56.